The minimum absolute atomic E-state index is 0.0299. The molecule has 6 heteroatoms. The predicted molar refractivity (Wildman–Crippen MR) is 56.9 cm³/mol. The molecule has 0 amide bonds. The summed E-state index contributed by atoms with van der Waals surface area (Å²) in [6.07, 6.45) is 0. The lowest BCUT2D eigenvalue weighted by atomic mass is 10.1. The van der Waals surface area contributed by atoms with Gasteiger partial charge in [-0.05, 0) is 24.6 Å². The molecular formula is C10H11O5S-. The molecule has 1 rings (SSSR count). The van der Waals surface area contributed by atoms with Crippen LogP contribution in [0.5, 0.6) is 5.75 Å². The van der Waals surface area contributed by atoms with Gasteiger partial charge in [-0.25, -0.2) is 4.79 Å². The van der Waals surface area contributed by atoms with E-state index in [1.165, 1.54) is 12.1 Å². The van der Waals surface area contributed by atoms with E-state index in [1.54, 1.807) is 13.0 Å². The first kappa shape index (κ1) is 12.7. The van der Waals surface area contributed by atoms with Crippen molar-refractivity contribution in [3.8, 4) is 5.75 Å². The molecule has 0 aliphatic heterocycles. The minimum Gasteiger partial charge on any atom is -0.772 e. The largest absolute Gasteiger partial charge is 0.772 e. The highest BCUT2D eigenvalue weighted by Gasteiger charge is 2.11. The van der Waals surface area contributed by atoms with Crippen LogP contribution < -0.4 is 0 Å². The lowest BCUT2D eigenvalue weighted by Crippen LogP contribution is -2.11. The van der Waals surface area contributed by atoms with E-state index < -0.39 is 17.0 Å². The maximum absolute atomic E-state index is 11.4. The summed E-state index contributed by atoms with van der Waals surface area (Å²) in [6.45, 7) is 1.55. The number of carbonyl (C=O) groups is 1. The second kappa shape index (κ2) is 5.62. The highest BCUT2D eigenvalue weighted by molar-refractivity contribution is 7.79. The predicted octanol–water partition coefficient (Wildman–Crippen LogP) is 0.737. The van der Waals surface area contributed by atoms with Crippen LogP contribution in [0.2, 0.25) is 0 Å². The van der Waals surface area contributed by atoms with E-state index in [0.717, 1.165) is 5.56 Å². The molecule has 5 nitrogen and oxygen atoms in total. The average Bonchev–Trinajstić information content (AvgIpc) is 2.16. The SMILES string of the molecule is Cc1ccc(C(=O)OCCS(=O)[O-])c(O)c1. The number of aryl methyl sites for hydroxylation is 1. The van der Waals surface area contributed by atoms with Crippen molar-refractivity contribution in [3.63, 3.8) is 0 Å². The second-order valence-corrected chi connectivity index (χ2v) is 4.18. The zero-order chi connectivity index (χ0) is 12.1. The van der Waals surface area contributed by atoms with Gasteiger partial charge in [-0.3, -0.25) is 4.21 Å². The van der Waals surface area contributed by atoms with E-state index in [2.05, 4.69) is 4.74 Å². The van der Waals surface area contributed by atoms with Crippen LogP contribution in [0.25, 0.3) is 0 Å². The Morgan fingerprint density at radius 1 is 1.56 bits per heavy atom. The normalized spacial score (nSPS) is 12.1. The van der Waals surface area contributed by atoms with Crippen molar-refractivity contribution >= 4 is 17.0 Å². The molecule has 0 fully saturated rings. The Hall–Kier alpha value is -1.40. The Morgan fingerprint density at radius 3 is 2.81 bits per heavy atom. The van der Waals surface area contributed by atoms with Crippen LogP contribution >= 0.6 is 0 Å². The summed E-state index contributed by atoms with van der Waals surface area (Å²) in [4.78, 5) is 11.4. The van der Waals surface area contributed by atoms with E-state index in [0.29, 0.717) is 0 Å². The van der Waals surface area contributed by atoms with Gasteiger partial charge in [0.25, 0.3) is 0 Å². The van der Waals surface area contributed by atoms with Gasteiger partial charge in [0.2, 0.25) is 0 Å². The third-order valence-electron chi connectivity index (χ3n) is 1.86. The Balaban J connectivity index is 2.63. The van der Waals surface area contributed by atoms with Gasteiger partial charge in [0.15, 0.2) is 0 Å². The Bertz CT molecular complexity index is 416. The summed E-state index contributed by atoms with van der Waals surface area (Å²) < 4.78 is 25.0. The molecule has 0 radical (unpaired) electrons. The lowest BCUT2D eigenvalue weighted by Gasteiger charge is -2.08. The molecule has 16 heavy (non-hydrogen) atoms. The van der Waals surface area contributed by atoms with Crippen molar-refractivity contribution in [2.75, 3.05) is 12.4 Å². The molecule has 1 N–H and O–H groups in total. The van der Waals surface area contributed by atoms with Crippen molar-refractivity contribution in [1.82, 2.24) is 0 Å². The first-order valence-electron chi connectivity index (χ1n) is 4.53. The van der Waals surface area contributed by atoms with Gasteiger partial charge in [-0.2, -0.15) is 0 Å². The van der Waals surface area contributed by atoms with E-state index in [4.69, 9.17) is 0 Å². The number of benzene rings is 1. The van der Waals surface area contributed by atoms with Gasteiger partial charge in [0.05, 0.1) is 0 Å². The number of hydrogen-bond donors (Lipinski definition) is 1. The summed E-state index contributed by atoms with van der Waals surface area (Å²) in [5, 5.41) is 9.45. The number of ether oxygens (including phenoxy) is 1. The highest BCUT2D eigenvalue weighted by atomic mass is 32.2. The number of esters is 1. The van der Waals surface area contributed by atoms with Gasteiger partial charge >= 0.3 is 5.97 Å². The monoisotopic (exact) mass is 243 g/mol. The van der Waals surface area contributed by atoms with Crippen LogP contribution in [0, 0.1) is 6.92 Å². The topological polar surface area (TPSA) is 86.7 Å². The fourth-order valence-electron chi connectivity index (χ4n) is 1.09. The Kier molecular flexibility index (Phi) is 4.45. The van der Waals surface area contributed by atoms with Crippen LogP contribution in [-0.2, 0) is 15.8 Å². The molecule has 1 aromatic rings. The highest BCUT2D eigenvalue weighted by Crippen LogP contribution is 2.19. The molecule has 0 aromatic heterocycles. The molecule has 88 valence electrons. The smallest absolute Gasteiger partial charge is 0.341 e. The van der Waals surface area contributed by atoms with Crippen molar-refractivity contribution < 1.29 is 23.4 Å². The Morgan fingerprint density at radius 2 is 2.25 bits per heavy atom. The maximum atomic E-state index is 11.4. The summed E-state index contributed by atoms with van der Waals surface area (Å²) in [5.74, 6) is -1.16. The number of aromatic hydroxyl groups is 1. The maximum Gasteiger partial charge on any atom is 0.341 e. The molecule has 0 saturated carbocycles. The van der Waals surface area contributed by atoms with E-state index in [1.807, 2.05) is 0 Å². The van der Waals surface area contributed by atoms with Crippen molar-refractivity contribution in [1.29, 1.82) is 0 Å². The summed E-state index contributed by atoms with van der Waals surface area (Å²) in [5.41, 5.74) is 0.844. The minimum atomic E-state index is -2.24. The van der Waals surface area contributed by atoms with Gasteiger partial charge in [-0.15, -0.1) is 0 Å². The molecular weight excluding hydrogens is 232 g/mol. The van der Waals surface area contributed by atoms with Crippen LogP contribution in [0.15, 0.2) is 18.2 Å². The van der Waals surface area contributed by atoms with Gasteiger partial charge < -0.3 is 14.4 Å². The third kappa shape index (κ3) is 3.63. The quantitative estimate of drug-likeness (QED) is 0.622. The van der Waals surface area contributed by atoms with Crippen molar-refractivity contribution in [2.45, 2.75) is 6.92 Å². The molecule has 0 saturated heterocycles. The number of phenolic OH excluding ortho intramolecular Hbond substituents is 1. The summed E-state index contributed by atoms with van der Waals surface area (Å²) >= 11 is -2.24. The fourth-order valence-corrected chi connectivity index (χ4v) is 1.31. The average molecular weight is 243 g/mol. The zero-order valence-corrected chi connectivity index (χ0v) is 9.45. The molecule has 0 bridgehead atoms. The second-order valence-electron chi connectivity index (χ2n) is 3.16. The van der Waals surface area contributed by atoms with E-state index in [-0.39, 0.29) is 23.7 Å². The van der Waals surface area contributed by atoms with Crippen LogP contribution in [0.1, 0.15) is 15.9 Å². The number of phenols is 1. The summed E-state index contributed by atoms with van der Waals surface area (Å²) in [6, 6.07) is 4.52. The number of carbonyl (C=O) groups excluding carboxylic acids is 1. The van der Waals surface area contributed by atoms with Crippen LogP contribution in [-0.4, -0.2) is 32.2 Å². The molecule has 1 unspecified atom stereocenters. The molecule has 0 heterocycles. The molecule has 0 aliphatic carbocycles. The zero-order valence-electron chi connectivity index (χ0n) is 8.63. The third-order valence-corrected chi connectivity index (χ3v) is 2.36. The van der Waals surface area contributed by atoms with E-state index in [9.17, 15) is 18.7 Å². The molecule has 1 atom stereocenters. The van der Waals surface area contributed by atoms with Crippen LogP contribution in [0.3, 0.4) is 0 Å². The fraction of sp³-hybridized carbons (Fsp3) is 0.300. The first-order valence-corrected chi connectivity index (χ1v) is 5.77. The first-order chi connectivity index (χ1) is 7.50. The van der Waals surface area contributed by atoms with Crippen LogP contribution in [0.4, 0.5) is 0 Å². The van der Waals surface area contributed by atoms with Crippen molar-refractivity contribution in [3.05, 3.63) is 29.3 Å². The molecule has 0 aliphatic rings. The lowest BCUT2D eigenvalue weighted by molar-refractivity contribution is 0.0525. The van der Waals surface area contributed by atoms with E-state index >= 15 is 0 Å². The summed E-state index contributed by atoms with van der Waals surface area (Å²) in [7, 11) is 0. The standard InChI is InChI=1S/C10H12O5S/c1-7-2-3-8(9(11)6-7)10(12)15-4-5-16(13)14/h2-3,6,11H,4-5H2,1H3,(H,13,14)/p-1. The van der Waals surface area contributed by atoms with Gasteiger partial charge in [-0.1, -0.05) is 17.1 Å². The Labute approximate surface area is 95.3 Å². The van der Waals surface area contributed by atoms with Crippen molar-refractivity contribution in [2.24, 2.45) is 0 Å². The number of rotatable bonds is 4. The molecule has 1 aromatic carbocycles. The van der Waals surface area contributed by atoms with Gasteiger partial charge in [0, 0.05) is 5.75 Å². The van der Waals surface area contributed by atoms with Gasteiger partial charge in [0.1, 0.15) is 17.9 Å². The molecule has 0 spiro atoms. The number of hydrogen-bond acceptors (Lipinski definition) is 5.